The van der Waals surface area contributed by atoms with Crippen LogP contribution in [0.15, 0.2) is 48.5 Å². The van der Waals surface area contributed by atoms with Gasteiger partial charge in [-0.25, -0.2) is 0 Å². The summed E-state index contributed by atoms with van der Waals surface area (Å²) in [5.41, 5.74) is 5.01. The van der Waals surface area contributed by atoms with E-state index in [1.165, 1.54) is 22.4 Å². The molecule has 0 spiro atoms. The molecule has 1 aliphatic heterocycles. The lowest BCUT2D eigenvalue weighted by Gasteiger charge is -2.38. The van der Waals surface area contributed by atoms with Crippen LogP contribution >= 0.6 is 12.2 Å². The van der Waals surface area contributed by atoms with E-state index in [1.807, 2.05) is 0 Å². The highest BCUT2D eigenvalue weighted by atomic mass is 32.1. The Labute approximate surface area is 137 Å². The number of anilines is 1. The van der Waals surface area contributed by atoms with Crippen LogP contribution in [0.3, 0.4) is 0 Å². The number of thiocarbonyl (C=S) groups is 1. The first kappa shape index (κ1) is 15.0. The number of rotatable bonds is 3. The molecule has 1 saturated heterocycles. The summed E-state index contributed by atoms with van der Waals surface area (Å²) in [5.74, 6) is 0. The molecule has 0 saturated carbocycles. The highest BCUT2D eigenvalue weighted by molar-refractivity contribution is 7.80. The predicted octanol–water partition coefficient (Wildman–Crippen LogP) is 3.42. The first-order chi connectivity index (χ1) is 10.6. The lowest BCUT2D eigenvalue weighted by Crippen LogP contribution is -2.56. The van der Waals surface area contributed by atoms with Gasteiger partial charge in [0, 0.05) is 12.2 Å². The normalized spacial score (nSPS) is 15.7. The second-order valence-electron chi connectivity index (χ2n) is 5.81. The molecule has 3 nitrogen and oxygen atoms in total. The number of hydrogen-bond donors (Lipinski definition) is 1. The summed E-state index contributed by atoms with van der Waals surface area (Å²) in [5, 5.41) is 4.13. The molecule has 1 N–H and O–H groups in total. The molecule has 1 aliphatic rings. The van der Waals surface area contributed by atoms with Crippen molar-refractivity contribution >= 4 is 23.0 Å². The number of hydrogen-bond acceptors (Lipinski definition) is 2. The molecule has 22 heavy (non-hydrogen) atoms. The third kappa shape index (κ3) is 3.29. The molecule has 3 rings (SSSR count). The molecule has 114 valence electrons. The smallest absolute Gasteiger partial charge is 0.175 e. The summed E-state index contributed by atoms with van der Waals surface area (Å²) in [6, 6.07) is 17.0. The standard InChI is InChI=1S/C18H21N3S/c1-14-8-9-15(2)17(10-14)21-13-20(12-19-18(21)22)11-16-6-4-3-5-7-16/h3-10H,11-13H2,1-2H3,(H,19,22). The fourth-order valence-corrected chi connectivity index (χ4v) is 2.95. The summed E-state index contributed by atoms with van der Waals surface area (Å²) in [4.78, 5) is 4.54. The van der Waals surface area contributed by atoms with Crippen molar-refractivity contribution in [2.45, 2.75) is 20.4 Å². The molecular weight excluding hydrogens is 290 g/mol. The molecule has 1 heterocycles. The van der Waals surface area contributed by atoms with Crippen LogP contribution in [0.25, 0.3) is 0 Å². The fourth-order valence-electron chi connectivity index (χ4n) is 2.73. The molecule has 0 amide bonds. The van der Waals surface area contributed by atoms with Gasteiger partial charge < -0.3 is 10.2 Å². The maximum absolute atomic E-state index is 5.52. The summed E-state index contributed by atoms with van der Waals surface area (Å²) >= 11 is 5.52. The number of nitrogens with one attached hydrogen (secondary N) is 1. The van der Waals surface area contributed by atoms with Gasteiger partial charge in [-0.3, -0.25) is 4.90 Å². The molecule has 1 fully saturated rings. The minimum absolute atomic E-state index is 0.787. The van der Waals surface area contributed by atoms with Crippen molar-refractivity contribution < 1.29 is 0 Å². The van der Waals surface area contributed by atoms with Gasteiger partial charge in [0.05, 0.1) is 13.3 Å². The Bertz CT molecular complexity index is 669. The Kier molecular flexibility index (Phi) is 4.41. The molecule has 0 radical (unpaired) electrons. The minimum atomic E-state index is 0.787. The topological polar surface area (TPSA) is 18.5 Å². The molecule has 2 aromatic carbocycles. The van der Waals surface area contributed by atoms with Gasteiger partial charge in [0.2, 0.25) is 0 Å². The van der Waals surface area contributed by atoms with Gasteiger partial charge in [-0.2, -0.15) is 0 Å². The van der Waals surface area contributed by atoms with E-state index in [1.54, 1.807) is 0 Å². The third-order valence-corrected chi connectivity index (χ3v) is 4.31. The Hall–Kier alpha value is -1.91. The molecule has 0 aliphatic carbocycles. The highest BCUT2D eigenvalue weighted by Crippen LogP contribution is 2.23. The summed E-state index contributed by atoms with van der Waals surface area (Å²) in [6.07, 6.45) is 0. The average molecular weight is 311 g/mol. The monoisotopic (exact) mass is 311 g/mol. The van der Waals surface area contributed by atoms with E-state index in [0.717, 1.165) is 25.0 Å². The van der Waals surface area contributed by atoms with E-state index in [4.69, 9.17) is 12.2 Å². The maximum atomic E-state index is 5.52. The SMILES string of the molecule is Cc1ccc(C)c(N2CN(Cc3ccccc3)CNC2=S)c1. The van der Waals surface area contributed by atoms with Crippen molar-refractivity contribution in [1.29, 1.82) is 0 Å². The minimum Gasteiger partial charge on any atom is -0.349 e. The van der Waals surface area contributed by atoms with Gasteiger partial charge in [0.1, 0.15) is 0 Å². The zero-order valence-electron chi connectivity index (χ0n) is 13.0. The van der Waals surface area contributed by atoms with E-state index in [2.05, 4.69) is 77.5 Å². The number of aryl methyl sites for hydroxylation is 2. The maximum Gasteiger partial charge on any atom is 0.175 e. The van der Waals surface area contributed by atoms with Crippen molar-refractivity contribution in [3.63, 3.8) is 0 Å². The largest absolute Gasteiger partial charge is 0.349 e. The summed E-state index contributed by atoms with van der Waals surface area (Å²) < 4.78 is 0. The van der Waals surface area contributed by atoms with Crippen LogP contribution in [0.5, 0.6) is 0 Å². The van der Waals surface area contributed by atoms with Crippen molar-refractivity contribution in [3.8, 4) is 0 Å². The summed E-state index contributed by atoms with van der Waals surface area (Å²) in [7, 11) is 0. The Morgan fingerprint density at radius 2 is 1.86 bits per heavy atom. The quantitative estimate of drug-likeness (QED) is 0.875. The van der Waals surface area contributed by atoms with Gasteiger partial charge in [0.25, 0.3) is 0 Å². The second kappa shape index (κ2) is 6.46. The zero-order chi connectivity index (χ0) is 15.5. The van der Waals surface area contributed by atoms with Crippen LogP contribution < -0.4 is 10.2 Å². The molecule has 0 unspecified atom stereocenters. The summed E-state index contributed by atoms with van der Waals surface area (Å²) in [6.45, 7) is 6.76. The van der Waals surface area contributed by atoms with Crippen molar-refractivity contribution in [2.24, 2.45) is 0 Å². The van der Waals surface area contributed by atoms with E-state index < -0.39 is 0 Å². The van der Waals surface area contributed by atoms with E-state index >= 15 is 0 Å². The van der Waals surface area contributed by atoms with Crippen LogP contribution in [-0.2, 0) is 6.54 Å². The molecule has 0 atom stereocenters. The second-order valence-corrected chi connectivity index (χ2v) is 6.20. The number of nitrogens with zero attached hydrogens (tertiary/aromatic N) is 2. The predicted molar refractivity (Wildman–Crippen MR) is 95.8 cm³/mol. The molecule has 4 heteroatoms. The van der Waals surface area contributed by atoms with Gasteiger partial charge in [-0.15, -0.1) is 0 Å². The van der Waals surface area contributed by atoms with Crippen LogP contribution in [0.4, 0.5) is 5.69 Å². The lowest BCUT2D eigenvalue weighted by molar-refractivity contribution is 0.252. The Morgan fingerprint density at radius 3 is 2.64 bits per heavy atom. The van der Waals surface area contributed by atoms with Gasteiger partial charge >= 0.3 is 0 Å². The first-order valence-electron chi connectivity index (χ1n) is 7.52. The Balaban J connectivity index is 1.79. The van der Waals surface area contributed by atoms with E-state index in [0.29, 0.717) is 0 Å². The van der Waals surface area contributed by atoms with Crippen LogP contribution in [0, 0.1) is 13.8 Å². The van der Waals surface area contributed by atoms with Crippen molar-refractivity contribution in [1.82, 2.24) is 10.2 Å². The first-order valence-corrected chi connectivity index (χ1v) is 7.93. The van der Waals surface area contributed by atoms with E-state index in [-0.39, 0.29) is 0 Å². The van der Waals surface area contributed by atoms with Gasteiger partial charge in [0.15, 0.2) is 5.11 Å². The van der Waals surface area contributed by atoms with E-state index in [9.17, 15) is 0 Å². The van der Waals surface area contributed by atoms with Gasteiger partial charge in [-0.1, -0.05) is 42.5 Å². The van der Waals surface area contributed by atoms with Gasteiger partial charge in [-0.05, 0) is 48.8 Å². The molecule has 0 aromatic heterocycles. The molecule has 0 bridgehead atoms. The Morgan fingerprint density at radius 1 is 1.09 bits per heavy atom. The zero-order valence-corrected chi connectivity index (χ0v) is 13.9. The van der Waals surface area contributed by atoms with Crippen molar-refractivity contribution in [3.05, 3.63) is 65.2 Å². The fraction of sp³-hybridized carbons (Fsp3) is 0.278. The highest BCUT2D eigenvalue weighted by Gasteiger charge is 2.23. The third-order valence-electron chi connectivity index (χ3n) is 3.94. The van der Waals surface area contributed by atoms with Crippen LogP contribution in [0.1, 0.15) is 16.7 Å². The lowest BCUT2D eigenvalue weighted by atomic mass is 10.1. The average Bonchev–Trinajstić information content (AvgIpc) is 2.53. The van der Waals surface area contributed by atoms with Crippen LogP contribution in [-0.4, -0.2) is 23.3 Å². The number of benzene rings is 2. The molecule has 2 aromatic rings. The molecular formula is C18H21N3S. The van der Waals surface area contributed by atoms with Crippen molar-refractivity contribution in [2.75, 3.05) is 18.2 Å². The van der Waals surface area contributed by atoms with Crippen LogP contribution in [0.2, 0.25) is 0 Å².